The molecule has 29 heavy (non-hydrogen) atoms. The van der Waals surface area contributed by atoms with E-state index in [9.17, 15) is 9.90 Å². The molecule has 3 aromatic rings. The first-order valence-electron chi connectivity index (χ1n) is 9.53. The minimum Gasteiger partial charge on any atom is -0.508 e. The van der Waals surface area contributed by atoms with Gasteiger partial charge in [0.1, 0.15) is 5.75 Å². The summed E-state index contributed by atoms with van der Waals surface area (Å²) in [5.74, 6) is 0.190. The molecular formula is C26H21NO2. The predicted molar refractivity (Wildman–Crippen MR) is 116 cm³/mol. The zero-order chi connectivity index (χ0) is 20.1. The summed E-state index contributed by atoms with van der Waals surface area (Å²) in [6, 6.07) is 20.4. The van der Waals surface area contributed by atoms with Gasteiger partial charge in [0.2, 0.25) is 0 Å². The summed E-state index contributed by atoms with van der Waals surface area (Å²) in [4.78, 5) is 16.8. The highest BCUT2D eigenvalue weighted by molar-refractivity contribution is 6.04. The van der Waals surface area contributed by atoms with Gasteiger partial charge in [0, 0.05) is 23.4 Å². The smallest absolute Gasteiger partial charge is 0.185 e. The van der Waals surface area contributed by atoms with Gasteiger partial charge in [-0.15, -0.1) is 0 Å². The zero-order valence-corrected chi connectivity index (χ0v) is 15.9. The van der Waals surface area contributed by atoms with Crippen LogP contribution < -0.4 is 0 Å². The average molecular weight is 379 g/mol. The fourth-order valence-corrected chi connectivity index (χ4v) is 3.64. The molecule has 0 amide bonds. The Morgan fingerprint density at radius 2 is 1.69 bits per heavy atom. The molecule has 0 spiro atoms. The van der Waals surface area contributed by atoms with Gasteiger partial charge in [0.05, 0.1) is 0 Å². The van der Waals surface area contributed by atoms with E-state index in [1.807, 2.05) is 66.7 Å². The third kappa shape index (κ3) is 4.09. The Morgan fingerprint density at radius 3 is 2.41 bits per heavy atom. The number of phenolic OH excluding ortho intramolecular Hbond substituents is 1. The second-order valence-corrected chi connectivity index (χ2v) is 7.11. The molecule has 1 unspecified atom stereocenters. The second-order valence-electron chi connectivity index (χ2n) is 7.11. The molecule has 0 aliphatic heterocycles. The van der Waals surface area contributed by atoms with E-state index in [1.54, 1.807) is 30.6 Å². The largest absolute Gasteiger partial charge is 0.508 e. The lowest BCUT2D eigenvalue weighted by atomic mass is 9.71. The number of benzene rings is 2. The third-order valence-electron chi connectivity index (χ3n) is 5.22. The number of ketones is 1. The minimum atomic E-state index is -0.481. The molecule has 1 atom stereocenters. The van der Waals surface area contributed by atoms with Crippen LogP contribution in [0, 0.1) is 0 Å². The number of aromatic nitrogens is 1. The van der Waals surface area contributed by atoms with Gasteiger partial charge in [-0.2, -0.15) is 0 Å². The standard InChI is InChI=1S/C26H21NO2/c28-24-10-8-23(9-11-24)26(16-12-25(29)21-5-2-1-3-6-21)15-4-7-22(19-26)20-13-17-27-18-14-20/h1-18,28H,19H2/b16-12+. The molecule has 1 aliphatic rings. The number of carbonyl (C=O) groups is 1. The maximum absolute atomic E-state index is 12.7. The number of carbonyl (C=O) groups excluding carboxylic acids is 1. The highest BCUT2D eigenvalue weighted by atomic mass is 16.3. The number of hydrogen-bond donors (Lipinski definition) is 1. The lowest BCUT2D eigenvalue weighted by molar-refractivity contribution is 0.104. The first kappa shape index (κ1) is 18.6. The Morgan fingerprint density at radius 1 is 0.966 bits per heavy atom. The van der Waals surface area contributed by atoms with E-state index >= 15 is 0 Å². The van der Waals surface area contributed by atoms with Gasteiger partial charge in [-0.05, 0) is 53.5 Å². The molecule has 1 heterocycles. The first-order chi connectivity index (χ1) is 14.2. The molecule has 0 fully saturated rings. The number of hydrogen-bond acceptors (Lipinski definition) is 3. The van der Waals surface area contributed by atoms with Crippen LogP contribution in [0.2, 0.25) is 0 Å². The van der Waals surface area contributed by atoms with Gasteiger partial charge in [0.25, 0.3) is 0 Å². The van der Waals surface area contributed by atoms with E-state index in [0.717, 1.165) is 11.1 Å². The molecule has 0 bridgehead atoms. The summed E-state index contributed by atoms with van der Waals surface area (Å²) in [6.07, 6.45) is 14.1. The van der Waals surface area contributed by atoms with Crippen LogP contribution >= 0.6 is 0 Å². The Hall–Kier alpha value is -3.72. The SMILES string of the molecule is O=C(/C=C/C1(c2ccc(O)cc2)C=CC=C(c2ccncc2)C1)c1ccccc1. The number of rotatable bonds is 5. The lowest BCUT2D eigenvalue weighted by Gasteiger charge is -2.32. The molecule has 3 heteroatoms. The topological polar surface area (TPSA) is 50.2 Å². The van der Waals surface area contributed by atoms with Crippen LogP contribution in [0.1, 0.15) is 27.9 Å². The van der Waals surface area contributed by atoms with Gasteiger partial charge in [-0.1, -0.05) is 66.8 Å². The van der Waals surface area contributed by atoms with Crippen molar-refractivity contribution in [1.29, 1.82) is 0 Å². The summed E-state index contributed by atoms with van der Waals surface area (Å²) < 4.78 is 0. The fraction of sp³-hybridized carbons (Fsp3) is 0.0769. The van der Waals surface area contributed by atoms with Gasteiger partial charge >= 0.3 is 0 Å². The maximum atomic E-state index is 12.7. The van der Waals surface area contributed by atoms with Crippen molar-refractivity contribution >= 4 is 11.4 Å². The number of aromatic hydroxyl groups is 1. The molecule has 1 aliphatic carbocycles. The van der Waals surface area contributed by atoms with Crippen LogP contribution in [0.5, 0.6) is 5.75 Å². The van der Waals surface area contributed by atoms with Crippen molar-refractivity contribution in [2.24, 2.45) is 0 Å². The second kappa shape index (κ2) is 8.11. The van der Waals surface area contributed by atoms with Gasteiger partial charge in [-0.3, -0.25) is 9.78 Å². The van der Waals surface area contributed by atoms with E-state index in [-0.39, 0.29) is 11.5 Å². The Kier molecular flexibility index (Phi) is 5.21. The van der Waals surface area contributed by atoms with Gasteiger partial charge in [0.15, 0.2) is 5.78 Å². The molecule has 4 rings (SSSR count). The van der Waals surface area contributed by atoms with Crippen LogP contribution in [0.15, 0.2) is 110 Å². The first-order valence-corrected chi connectivity index (χ1v) is 9.53. The van der Waals surface area contributed by atoms with Crippen molar-refractivity contribution in [3.05, 3.63) is 126 Å². The predicted octanol–water partition coefficient (Wildman–Crippen LogP) is 5.51. The van der Waals surface area contributed by atoms with Gasteiger partial charge in [-0.25, -0.2) is 0 Å². The average Bonchev–Trinajstić information content (AvgIpc) is 2.79. The lowest BCUT2D eigenvalue weighted by Crippen LogP contribution is -2.23. The zero-order valence-electron chi connectivity index (χ0n) is 15.9. The Bertz CT molecular complexity index is 1080. The summed E-state index contributed by atoms with van der Waals surface area (Å²) in [5, 5.41) is 9.73. The van der Waals surface area contributed by atoms with Crippen molar-refractivity contribution < 1.29 is 9.90 Å². The van der Waals surface area contributed by atoms with Crippen molar-refractivity contribution in [3.8, 4) is 5.75 Å². The monoisotopic (exact) mass is 379 g/mol. The molecule has 142 valence electrons. The van der Waals surface area contributed by atoms with Crippen molar-refractivity contribution in [1.82, 2.24) is 4.98 Å². The molecule has 2 aromatic carbocycles. The molecule has 3 nitrogen and oxygen atoms in total. The number of allylic oxidation sites excluding steroid dienone is 6. The van der Waals surface area contributed by atoms with Crippen LogP contribution in [0.3, 0.4) is 0 Å². The normalized spacial score (nSPS) is 18.6. The summed E-state index contributed by atoms with van der Waals surface area (Å²) in [7, 11) is 0. The number of nitrogens with zero attached hydrogens (tertiary/aromatic N) is 1. The quantitative estimate of drug-likeness (QED) is 0.470. The highest BCUT2D eigenvalue weighted by Gasteiger charge is 2.30. The minimum absolute atomic E-state index is 0.0304. The molecule has 0 saturated heterocycles. The van der Waals surface area contributed by atoms with E-state index in [1.165, 1.54) is 5.57 Å². The van der Waals surface area contributed by atoms with E-state index in [4.69, 9.17) is 0 Å². The summed E-state index contributed by atoms with van der Waals surface area (Å²) in [5.41, 5.74) is 3.47. The summed E-state index contributed by atoms with van der Waals surface area (Å²) >= 11 is 0. The molecule has 1 aromatic heterocycles. The summed E-state index contributed by atoms with van der Waals surface area (Å²) in [6.45, 7) is 0. The fourth-order valence-electron chi connectivity index (χ4n) is 3.64. The van der Waals surface area contributed by atoms with E-state index < -0.39 is 5.41 Å². The van der Waals surface area contributed by atoms with Crippen LogP contribution in [-0.2, 0) is 5.41 Å². The number of phenols is 1. The molecule has 0 radical (unpaired) electrons. The van der Waals surface area contributed by atoms with E-state index in [2.05, 4.69) is 17.1 Å². The third-order valence-corrected chi connectivity index (χ3v) is 5.22. The van der Waals surface area contributed by atoms with E-state index in [0.29, 0.717) is 12.0 Å². The van der Waals surface area contributed by atoms with Crippen LogP contribution in [-0.4, -0.2) is 15.9 Å². The maximum Gasteiger partial charge on any atom is 0.185 e. The van der Waals surface area contributed by atoms with Crippen molar-refractivity contribution in [3.63, 3.8) is 0 Å². The molecular weight excluding hydrogens is 358 g/mol. The van der Waals surface area contributed by atoms with Crippen molar-refractivity contribution in [2.45, 2.75) is 11.8 Å². The molecule has 1 N–H and O–H groups in total. The van der Waals surface area contributed by atoms with Crippen LogP contribution in [0.25, 0.3) is 5.57 Å². The van der Waals surface area contributed by atoms with Crippen molar-refractivity contribution in [2.75, 3.05) is 0 Å². The molecule has 0 saturated carbocycles. The Labute approximate surface area is 170 Å². The Balaban J connectivity index is 1.72. The highest BCUT2D eigenvalue weighted by Crippen LogP contribution is 2.41. The number of pyridine rings is 1. The van der Waals surface area contributed by atoms with Gasteiger partial charge < -0.3 is 5.11 Å². The van der Waals surface area contributed by atoms with Crippen LogP contribution in [0.4, 0.5) is 0 Å².